The van der Waals surface area contributed by atoms with E-state index in [9.17, 15) is 32.7 Å². The van der Waals surface area contributed by atoms with Crippen LogP contribution in [0.1, 0.15) is 58.3 Å². The van der Waals surface area contributed by atoms with Crippen molar-refractivity contribution in [2.24, 2.45) is 0 Å². The first-order valence-corrected chi connectivity index (χ1v) is 13.0. The number of hydrogen-bond acceptors (Lipinski definition) is 5. The molecule has 5 rings (SSSR count). The summed E-state index contributed by atoms with van der Waals surface area (Å²) in [7, 11) is 0. The monoisotopic (exact) mass is 615 g/mol. The van der Waals surface area contributed by atoms with Gasteiger partial charge in [0, 0.05) is 36.1 Å². The third kappa shape index (κ3) is 5.07. The molecule has 39 heavy (non-hydrogen) atoms. The molecule has 1 unspecified atom stereocenters. The van der Waals surface area contributed by atoms with Gasteiger partial charge in [-0.2, -0.15) is 13.2 Å². The highest BCUT2D eigenvalue weighted by atomic mass is 79.9. The van der Waals surface area contributed by atoms with Crippen LogP contribution >= 0.6 is 15.9 Å². The van der Waals surface area contributed by atoms with E-state index >= 15 is 8.78 Å². The molecule has 0 saturated carbocycles. The lowest BCUT2D eigenvalue weighted by molar-refractivity contribution is -0.138. The molecule has 2 aromatic carbocycles. The molecule has 2 aromatic rings. The van der Waals surface area contributed by atoms with Crippen molar-refractivity contribution in [2.75, 3.05) is 13.1 Å². The van der Waals surface area contributed by atoms with E-state index in [1.165, 1.54) is 6.07 Å². The number of likely N-dealkylation sites (tertiary alicyclic amines) is 1. The van der Waals surface area contributed by atoms with Gasteiger partial charge in [-0.05, 0) is 43.0 Å². The van der Waals surface area contributed by atoms with E-state index < -0.39 is 58.3 Å². The van der Waals surface area contributed by atoms with Crippen LogP contribution in [0.2, 0.25) is 0 Å². The van der Waals surface area contributed by atoms with E-state index in [4.69, 9.17) is 0 Å². The Morgan fingerprint density at radius 1 is 1.10 bits per heavy atom. The first-order chi connectivity index (χ1) is 18.3. The lowest BCUT2D eigenvalue weighted by atomic mass is 9.82. The fraction of sp³-hybridized carbons (Fsp3) is 0.423. The summed E-state index contributed by atoms with van der Waals surface area (Å²) in [5.74, 6) is -4.01. The maximum atomic E-state index is 15.7. The normalized spacial score (nSPS) is 21.8. The number of fused-ring (bicyclic) bond motifs is 1. The third-order valence-corrected chi connectivity index (χ3v) is 8.39. The molecule has 3 heterocycles. The highest BCUT2D eigenvalue weighted by Crippen LogP contribution is 2.41. The summed E-state index contributed by atoms with van der Waals surface area (Å²) in [6.07, 6.45) is -4.50. The number of benzene rings is 2. The molecule has 208 valence electrons. The van der Waals surface area contributed by atoms with Crippen LogP contribution in [0.4, 0.5) is 22.0 Å². The number of carbonyl (C=O) groups excluding carboxylic acids is 3. The number of imide groups is 1. The van der Waals surface area contributed by atoms with Crippen molar-refractivity contribution in [1.29, 1.82) is 0 Å². The smallest absolute Gasteiger partial charge is 0.385 e. The van der Waals surface area contributed by atoms with Crippen LogP contribution in [0.15, 0.2) is 28.7 Å². The van der Waals surface area contributed by atoms with E-state index in [0.717, 1.165) is 23.1 Å². The summed E-state index contributed by atoms with van der Waals surface area (Å²) in [6, 6.07) is 3.22. The summed E-state index contributed by atoms with van der Waals surface area (Å²) in [5, 5.41) is 13.5. The maximum absolute atomic E-state index is 15.7. The number of nitrogens with one attached hydrogen (secondary N) is 1. The van der Waals surface area contributed by atoms with E-state index in [2.05, 4.69) is 21.2 Å². The Bertz CT molecular complexity index is 1370. The average molecular weight is 616 g/mol. The van der Waals surface area contributed by atoms with Crippen molar-refractivity contribution in [3.05, 3.63) is 68.2 Å². The summed E-state index contributed by atoms with van der Waals surface area (Å²) in [4.78, 5) is 39.6. The van der Waals surface area contributed by atoms with E-state index in [-0.39, 0.29) is 67.5 Å². The number of alkyl halides is 3. The van der Waals surface area contributed by atoms with Crippen molar-refractivity contribution in [3.63, 3.8) is 0 Å². The highest BCUT2D eigenvalue weighted by molar-refractivity contribution is 9.10. The predicted octanol–water partition coefficient (Wildman–Crippen LogP) is 3.99. The minimum atomic E-state index is -4.48. The molecule has 2 N–H and O–H groups in total. The van der Waals surface area contributed by atoms with Gasteiger partial charge in [0.1, 0.15) is 17.7 Å². The topological polar surface area (TPSA) is 90.0 Å². The number of nitrogens with zero attached hydrogens (tertiary/aromatic N) is 2. The van der Waals surface area contributed by atoms with Gasteiger partial charge >= 0.3 is 6.18 Å². The Hall–Kier alpha value is -2.90. The maximum Gasteiger partial charge on any atom is 0.416 e. The first kappa shape index (κ1) is 27.7. The van der Waals surface area contributed by atoms with Crippen molar-refractivity contribution >= 4 is 33.7 Å². The molecular weight excluding hydrogens is 593 g/mol. The van der Waals surface area contributed by atoms with Crippen LogP contribution in [0.5, 0.6) is 0 Å². The van der Waals surface area contributed by atoms with Gasteiger partial charge in [-0.15, -0.1) is 0 Å². The summed E-state index contributed by atoms with van der Waals surface area (Å²) in [6.45, 7) is 0.381. The zero-order valence-electron chi connectivity index (χ0n) is 20.4. The van der Waals surface area contributed by atoms with Crippen LogP contribution in [0.25, 0.3) is 0 Å². The summed E-state index contributed by atoms with van der Waals surface area (Å²) >= 11 is 3.17. The molecule has 3 aliphatic rings. The van der Waals surface area contributed by atoms with Crippen LogP contribution in [-0.4, -0.2) is 51.8 Å². The second-order valence-electron chi connectivity index (χ2n) is 10.1. The van der Waals surface area contributed by atoms with Crippen molar-refractivity contribution in [2.45, 2.75) is 56.6 Å². The minimum Gasteiger partial charge on any atom is -0.385 e. The Kier molecular flexibility index (Phi) is 7.04. The molecule has 1 atom stereocenters. The van der Waals surface area contributed by atoms with Crippen LogP contribution in [-0.2, 0) is 34.5 Å². The first-order valence-electron chi connectivity index (χ1n) is 12.2. The minimum absolute atomic E-state index is 0.0118. The molecule has 0 aromatic heterocycles. The summed E-state index contributed by atoms with van der Waals surface area (Å²) < 4.78 is 70.1. The lowest BCUT2D eigenvalue weighted by Crippen LogP contribution is -2.52. The van der Waals surface area contributed by atoms with Gasteiger partial charge in [-0.1, -0.05) is 22.0 Å². The van der Waals surface area contributed by atoms with Crippen LogP contribution in [0, 0.1) is 11.6 Å². The Balaban J connectivity index is 1.32. The highest BCUT2D eigenvalue weighted by Gasteiger charge is 2.45. The fourth-order valence-electron chi connectivity index (χ4n) is 5.48. The molecule has 0 spiro atoms. The largest absolute Gasteiger partial charge is 0.416 e. The molecule has 2 fully saturated rings. The third-order valence-electron chi connectivity index (χ3n) is 7.65. The molecule has 7 nitrogen and oxygen atoms in total. The van der Waals surface area contributed by atoms with Crippen LogP contribution < -0.4 is 5.32 Å². The average Bonchev–Trinajstić information content (AvgIpc) is 3.17. The van der Waals surface area contributed by atoms with Crippen molar-refractivity contribution in [3.8, 4) is 0 Å². The molecule has 3 amide bonds. The Labute approximate surface area is 228 Å². The zero-order valence-corrected chi connectivity index (χ0v) is 22.0. The Morgan fingerprint density at radius 3 is 2.41 bits per heavy atom. The molecule has 2 saturated heterocycles. The number of piperidine rings is 2. The van der Waals surface area contributed by atoms with Gasteiger partial charge < -0.3 is 10.0 Å². The summed E-state index contributed by atoms with van der Waals surface area (Å²) in [5.41, 5.74) is -2.96. The van der Waals surface area contributed by atoms with Crippen molar-refractivity contribution in [1.82, 2.24) is 15.1 Å². The number of rotatable bonds is 4. The van der Waals surface area contributed by atoms with Gasteiger partial charge in [0.15, 0.2) is 0 Å². The number of aliphatic hydroxyl groups is 1. The van der Waals surface area contributed by atoms with Gasteiger partial charge in [0.05, 0.1) is 28.8 Å². The number of amides is 3. The Morgan fingerprint density at radius 2 is 1.79 bits per heavy atom. The van der Waals surface area contributed by atoms with Crippen molar-refractivity contribution < 1.29 is 41.4 Å². The SMILES string of the molecule is O=C1CCC(N2Cc3c(cc(F)c(C4(O)CCN(Cc5ccc(C(F)(F)F)cc5Br)CC4)c3F)C2=O)C(=O)N1. The zero-order chi connectivity index (χ0) is 28.3. The standard InChI is InChI=1S/C26H23BrF5N3O4/c27-17-9-14(26(30,31)32)2-1-13(17)11-34-7-5-25(39,6-8-34)21-18(28)10-15-16(22(21)29)12-35(24(15)38)19-3-4-20(36)33-23(19)37/h1-2,9-10,19,39H,3-8,11-12H2,(H,33,36,37). The predicted molar refractivity (Wildman–Crippen MR) is 130 cm³/mol. The van der Waals surface area contributed by atoms with Crippen LogP contribution in [0.3, 0.4) is 0 Å². The molecular formula is C26H23BrF5N3O4. The van der Waals surface area contributed by atoms with Gasteiger partial charge in [0.2, 0.25) is 11.8 Å². The van der Waals surface area contributed by atoms with E-state index in [1.807, 2.05) is 4.90 Å². The fourth-order valence-corrected chi connectivity index (χ4v) is 5.99. The molecule has 0 aliphatic carbocycles. The van der Waals surface area contributed by atoms with Gasteiger partial charge in [-0.25, -0.2) is 8.78 Å². The molecule has 0 radical (unpaired) electrons. The number of halogens is 6. The number of hydrogen-bond donors (Lipinski definition) is 2. The molecule has 0 bridgehead atoms. The number of carbonyl (C=O) groups is 3. The molecule has 13 heteroatoms. The quantitative estimate of drug-likeness (QED) is 0.401. The molecule has 3 aliphatic heterocycles. The van der Waals surface area contributed by atoms with E-state index in [1.54, 1.807) is 0 Å². The lowest BCUT2D eigenvalue weighted by Gasteiger charge is -2.39. The van der Waals surface area contributed by atoms with Gasteiger partial charge in [-0.3, -0.25) is 24.6 Å². The van der Waals surface area contributed by atoms with Gasteiger partial charge in [0.25, 0.3) is 5.91 Å². The second kappa shape index (κ2) is 9.93. The van der Waals surface area contributed by atoms with E-state index in [0.29, 0.717) is 5.56 Å². The second-order valence-corrected chi connectivity index (χ2v) is 10.9.